The fourth-order valence-corrected chi connectivity index (χ4v) is 2.26. The molecule has 0 aromatic carbocycles. The second-order valence-electron chi connectivity index (χ2n) is 5.68. The second-order valence-corrected chi connectivity index (χ2v) is 5.68. The smallest absolute Gasteiger partial charge is 0.133 e. The van der Waals surface area contributed by atoms with Crippen LogP contribution in [0.3, 0.4) is 0 Å². The molecule has 1 heterocycles. The standard InChI is InChI=1S/C16H25N3/c1-4-10-19(15-7-8-15)16-14(6-5-9-18-16)12-17-11-13(2)3/h4-6,9,13,15,17H,1,7-8,10-12H2,2-3H3. The van der Waals surface area contributed by atoms with Crippen molar-refractivity contribution in [3.05, 3.63) is 36.5 Å². The molecule has 1 aliphatic rings. The van der Waals surface area contributed by atoms with E-state index in [1.807, 2.05) is 18.3 Å². The van der Waals surface area contributed by atoms with Crippen LogP contribution in [0, 0.1) is 5.92 Å². The second kappa shape index (κ2) is 6.71. The maximum atomic E-state index is 4.59. The van der Waals surface area contributed by atoms with Crippen molar-refractivity contribution < 1.29 is 0 Å². The number of nitrogens with one attached hydrogen (secondary N) is 1. The first-order valence-corrected chi connectivity index (χ1v) is 7.24. The van der Waals surface area contributed by atoms with Crippen molar-refractivity contribution in [1.29, 1.82) is 0 Å². The minimum absolute atomic E-state index is 0.664. The molecule has 0 amide bonds. The van der Waals surface area contributed by atoms with Gasteiger partial charge in [0, 0.05) is 30.9 Å². The van der Waals surface area contributed by atoms with Crippen molar-refractivity contribution in [3.63, 3.8) is 0 Å². The topological polar surface area (TPSA) is 28.2 Å². The number of hydrogen-bond donors (Lipinski definition) is 1. The summed E-state index contributed by atoms with van der Waals surface area (Å²) in [6.07, 6.45) is 6.42. The maximum absolute atomic E-state index is 4.59. The Hall–Kier alpha value is -1.35. The molecule has 104 valence electrons. The average molecular weight is 259 g/mol. The fraction of sp³-hybridized carbons (Fsp3) is 0.562. The van der Waals surface area contributed by atoms with Crippen LogP contribution in [0.2, 0.25) is 0 Å². The number of rotatable bonds is 8. The Labute approximate surface area is 116 Å². The van der Waals surface area contributed by atoms with Crippen molar-refractivity contribution in [2.45, 2.75) is 39.3 Å². The van der Waals surface area contributed by atoms with E-state index in [-0.39, 0.29) is 0 Å². The quantitative estimate of drug-likeness (QED) is 0.727. The molecule has 0 bridgehead atoms. The van der Waals surface area contributed by atoms with Crippen molar-refractivity contribution in [2.24, 2.45) is 5.92 Å². The van der Waals surface area contributed by atoms with E-state index in [0.29, 0.717) is 12.0 Å². The Balaban J connectivity index is 2.07. The Kier molecular flexibility index (Phi) is 4.97. The third kappa shape index (κ3) is 4.06. The molecule has 0 radical (unpaired) electrons. The van der Waals surface area contributed by atoms with Gasteiger partial charge < -0.3 is 10.2 Å². The van der Waals surface area contributed by atoms with E-state index in [4.69, 9.17) is 0 Å². The lowest BCUT2D eigenvalue weighted by Crippen LogP contribution is -2.29. The average Bonchev–Trinajstić information content (AvgIpc) is 3.21. The Bertz CT molecular complexity index is 410. The molecule has 1 N–H and O–H groups in total. The first-order valence-electron chi connectivity index (χ1n) is 7.24. The molecule has 1 aliphatic carbocycles. The van der Waals surface area contributed by atoms with Gasteiger partial charge in [-0.2, -0.15) is 0 Å². The monoisotopic (exact) mass is 259 g/mol. The van der Waals surface area contributed by atoms with E-state index < -0.39 is 0 Å². The van der Waals surface area contributed by atoms with Gasteiger partial charge in [0.25, 0.3) is 0 Å². The van der Waals surface area contributed by atoms with Crippen molar-refractivity contribution >= 4 is 5.82 Å². The van der Waals surface area contributed by atoms with Crippen LogP contribution in [0.5, 0.6) is 0 Å². The van der Waals surface area contributed by atoms with Gasteiger partial charge >= 0.3 is 0 Å². The normalized spacial score (nSPS) is 14.7. The molecule has 0 unspecified atom stereocenters. The van der Waals surface area contributed by atoms with Crippen LogP contribution in [0.1, 0.15) is 32.3 Å². The Morgan fingerprint density at radius 3 is 2.95 bits per heavy atom. The van der Waals surface area contributed by atoms with Crippen LogP contribution >= 0.6 is 0 Å². The minimum atomic E-state index is 0.664. The molecule has 0 atom stereocenters. The van der Waals surface area contributed by atoms with Crippen molar-refractivity contribution in [2.75, 3.05) is 18.0 Å². The molecule has 1 fully saturated rings. The summed E-state index contributed by atoms with van der Waals surface area (Å²) in [6.45, 7) is 11.1. The number of nitrogens with zero attached hydrogens (tertiary/aromatic N) is 2. The lowest BCUT2D eigenvalue weighted by atomic mass is 10.2. The summed E-state index contributed by atoms with van der Waals surface area (Å²) in [5.41, 5.74) is 1.29. The summed E-state index contributed by atoms with van der Waals surface area (Å²) in [7, 11) is 0. The highest BCUT2D eigenvalue weighted by Gasteiger charge is 2.30. The van der Waals surface area contributed by atoms with E-state index in [0.717, 1.165) is 25.5 Å². The lowest BCUT2D eigenvalue weighted by Gasteiger charge is -2.24. The molecule has 0 aliphatic heterocycles. The highest BCUT2D eigenvalue weighted by Crippen LogP contribution is 2.32. The van der Waals surface area contributed by atoms with Crippen LogP contribution in [0.4, 0.5) is 5.82 Å². The summed E-state index contributed by atoms with van der Waals surface area (Å²) in [5, 5.41) is 3.51. The van der Waals surface area contributed by atoms with E-state index in [2.05, 4.69) is 41.7 Å². The molecule has 1 aromatic rings. The van der Waals surface area contributed by atoms with Gasteiger partial charge in [-0.15, -0.1) is 6.58 Å². The number of hydrogen-bond acceptors (Lipinski definition) is 3. The van der Waals surface area contributed by atoms with E-state index in [1.54, 1.807) is 0 Å². The number of anilines is 1. The third-order valence-corrected chi connectivity index (χ3v) is 3.32. The zero-order valence-electron chi connectivity index (χ0n) is 12.1. The van der Waals surface area contributed by atoms with Gasteiger partial charge in [-0.25, -0.2) is 4.98 Å². The van der Waals surface area contributed by atoms with Gasteiger partial charge in [-0.1, -0.05) is 26.0 Å². The highest BCUT2D eigenvalue weighted by atomic mass is 15.2. The summed E-state index contributed by atoms with van der Waals surface area (Å²) >= 11 is 0. The van der Waals surface area contributed by atoms with E-state index in [9.17, 15) is 0 Å². The van der Waals surface area contributed by atoms with Gasteiger partial charge in [-0.3, -0.25) is 0 Å². The molecule has 3 nitrogen and oxygen atoms in total. The van der Waals surface area contributed by atoms with Crippen molar-refractivity contribution in [3.8, 4) is 0 Å². The molecule has 2 rings (SSSR count). The van der Waals surface area contributed by atoms with Gasteiger partial charge in [0.15, 0.2) is 0 Å². The predicted octanol–water partition coefficient (Wildman–Crippen LogP) is 2.98. The zero-order valence-corrected chi connectivity index (χ0v) is 12.1. The molecule has 19 heavy (non-hydrogen) atoms. The minimum Gasteiger partial charge on any atom is -0.350 e. The molecular formula is C16H25N3. The van der Waals surface area contributed by atoms with Crippen LogP contribution in [0.15, 0.2) is 31.0 Å². The largest absolute Gasteiger partial charge is 0.350 e. The maximum Gasteiger partial charge on any atom is 0.133 e. The van der Waals surface area contributed by atoms with Crippen molar-refractivity contribution in [1.82, 2.24) is 10.3 Å². The number of aromatic nitrogens is 1. The van der Waals surface area contributed by atoms with Gasteiger partial charge in [-0.05, 0) is 31.4 Å². The molecule has 0 saturated heterocycles. The number of pyridine rings is 1. The zero-order chi connectivity index (χ0) is 13.7. The Morgan fingerprint density at radius 2 is 2.32 bits per heavy atom. The SMILES string of the molecule is C=CCN(c1ncccc1CNCC(C)C)C1CC1. The van der Waals surface area contributed by atoms with Gasteiger partial charge in [0.1, 0.15) is 5.82 Å². The summed E-state index contributed by atoms with van der Waals surface area (Å²) in [4.78, 5) is 6.98. The van der Waals surface area contributed by atoms with Crippen LogP contribution in [-0.2, 0) is 6.54 Å². The Morgan fingerprint density at radius 1 is 1.53 bits per heavy atom. The van der Waals surface area contributed by atoms with Gasteiger partial charge in [0.2, 0.25) is 0 Å². The summed E-state index contributed by atoms with van der Waals surface area (Å²) < 4.78 is 0. The summed E-state index contributed by atoms with van der Waals surface area (Å²) in [5.74, 6) is 1.80. The molecule has 0 spiro atoms. The van der Waals surface area contributed by atoms with E-state index in [1.165, 1.54) is 18.4 Å². The lowest BCUT2D eigenvalue weighted by molar-refractivity contribution is 0.551. The predicted molar refractivity (Wildman–Crippen MR) is 81.3 cm³/mol. The van der Waals surface area contributed by atoms with Crippen LogP contribution in [-0.4, -0.2) is 24.1 Å². The molecular weight excluding hydrogens is 234 g/mol. The first-order chi connectivity index (χ1) is 9.22. The third-order valence-electron chi connectivity index (χ3n) is 3.32. The summed E-state index contributed by atoms with van der Waals surface area (Å²) in [6, 6.07) is 4.86. The molecule has 1 saturated carbocycles. The van der Waals surface area contributed by atoms with Crippen LogP contribution < -0.4 is 10.2 Å². The molecule has 3 heteroatoms. The highest BCUT2D eigenvalue weighted by molar-refractivity contribution is 5.49. The first kappa shape index (κ1) is 14.1. The fourth-order valence-electron chi connectivity index (χ4n) is 2.26. The van der Waals surface area contributed by atoms with Gasteiger partial charge in [0.05, 0.1) is 0 Å². The molecule has 1 aromatic heterocycles. The van der Waals surface area contributed by atoms with E-state index >= 15 is 0 Å². The van der Waals surface area contributed by atoms with Crippen LogP contribution in [0.25, 0.3) is 0 Å².